The van der Waals surface area contributed by atoms with Crippen LogP contribution in [0.25, 0.3) is 0 Å². The fourth-order valence-electron chi connectivity index (χ4n) is 2.73. The van der Waals surface area contributed by atoms with Crippen LogP contribution in [-0.2, 0) is 17.9 Å². The van der Waals surface area contributed by atoms with Crippen LogP contribution in [0.15, 0.2) is 84.0 Å². The molecule has 0 atom stereocenters. The highest BCUT2D eigenvalue weighted by Crippen LogP contribution is 2.17. The van der Waals surface area contributed by atoms with Gasteiger partial charge in [0.1, 0.15) is 37.0 Å². The topological polar surface area (TPSA) is 63.8 Å². The lowest BCUT2D eigenvalue weighted by Gasteiger charge is -2.10. The van der Waals surface area contributed by atoms with Crippen LogP contribution in [0.4, 0.5) is 0 Å². The van der Waals surface area contributed by atoms with Gasteiger partial charge in [0.15, 0.2) is 0 Å². The largest absolute Gasteiger partial charge is 0.489 e. The minimum Gasteiger partial charge on any atom is -0.489 e. The maximum Gasteiger partial charge on any atom is 0.134 e. The Kier molecular flexibility index (Phi) is 7.87. The van der Waals surface area contributed by atoms with Gasteiger partial charge in [-0.1, -0.05) is 59.8 Å². The molecule has 0 N–H and O–H groups in total. The van der Waals surface area contributed by atoms with E-state index in [1.165, 1.54) is 0 Å². The third-order valence-corrected chi connectivity index (χ3v) is 4.32. The smallest absolute Gasteiger partial charge is 0.134 e. The predicted octanol–water partition coefficient (Wildman–Crippen LogP) is 5.15. The molecular weight excluding hydrogens is 376 g/mol. The van der Waals surface area contributed by atoms with Gasteiger partial charge in [0, 0.05) is 5.56 Å². The Bertz CT molecular complexity index is 976. The molecule has 0 spiro atoms. The van der Waals surface area contributed by atoms with Crippen molar-refractivity contribution in [2.75, 3.05) is 13.2 Å². The maximum absolute atomic E-state index is 8.72. The minimum absolute atomic E-state index is 0.314. The molecule has 0 bridgehead atoms. The van der Waals surface area contributed by atoms with Gasteiger partial charge in [0.2, 0.25) is 0 Å². The summed E-state index contributed by atoms with van der Waals surface area (Å²) in [4.78, 5) is 5.23. The maximum atomic E-state index is 8.72. The Morgan fingerprint density at radius 2 is 1.47 bits per heavy atom. The highest BCUT2D eigenvalue weighted by atomic mass is 16.6. The number of hydrogen-bond acceptors (Lipinski definition) is 5. The molecule has 5 heteroatoms. The second-order valence-corrected chi connectivity index (χ2v) is 6.52. The van der Waals surface area contributed by atoms with Crippen LogP contribution in [0, 0.1) is 11.3 Å². The summed E-state index contributed by atoms with van der Waals surface area (Å²) in [5.41, 5.74) is 3.73. The van der Waals surface area contributed by atoms with Gasteiger partial charge < -0.3 is 14.3 Å². The van der Waals surface area contributed by atoms with Crippen molar-refractivity contribution in [2.45, 2.75) is 20.0 Å². The van der Waals surface area contributed by atoms with E-state index in [4.69, 9.17) is 19.6 Å². The normalized spacial score (nSPS) is 10.9. The van der Waals surface area contributed by atoms with Gasteiger partial charge in [-0.25, -0.2) is 0 Å². The SMILES string of the molecule is CCO/N=C(\COc1ccc(COc2ccc(CC#N)cc2)cc1)c1ccccc1. The van der Waals surface area contributed by atoms with E-state index in [0.717, 1.165) is 33.9 Å². The molecular formula is C25H24N2O3. The molecule has 152 valence electrons. The summed E-state index contributed by atoms with van der Waals surface area (Å²) in [6.45, 7) is 3.17. The van der Waals surface area contributed by atoms with Crippen LogP contribution in [0.5, 0.6) is 11.5 Å². The Morgan fingerprint density at radius 3 is 2.10 bits per heavy atom. The Hall–Kier alpha value is -3.78. The van der Waals surface area contributed by atoms with E-state index >= 15 is 0 Å². The summed E-state index contributed by atoms with van der Waals surface area (Å²) in [6.07, 6.45) is 0.406. The molecule has 0 radical (unpaired) electrons. The number of rotatable bonds is 10. The molecule has 3 aromatic rings. The van der Waals surface area contributed by atoms with Crippen LogP contribution in [-0.4, -0.2) is 18.9 Å². The van der Waals surface area contributed by atoms with E-state index in [-0.39, 0.29) is 0 Å². The molecule has 30 heavy (non-hydrogen) atoms. The van der Waals surface area contributed by atoms with Gasteiger partial charge in [-0.15, -0.1) is 0 Å². The van der Waals surface area contributed by atoms with Crippen LogP contribution >= 0.6 is 0 Å². The molecule has 3 aromatic carbocycles. The fourth-order valence-corrected chi connectivity index (χ4v) is 2.73. The van der Waals surface area contributed by atoms with E-state index in [1.807, 2.05) is 85.8 Å². The first-order valence-corrected chi connectivity index (χ1v) is 9.83. The van der Waals surface area contributed by atoms with Gasteiger partial charge >= 0.3 is 0 Å². The lowest BCUT2D eigenvalue weighted by Crippen LogP contribution is -2.13. The summed E-state index contributed by atoms with van der Waals surface area (Å²) in [5, 5.41) is 12.9. The number of hydrogen-bond donors (Lipinski definition) is 0. The van der Waals surface area contributed by atoms with E-state index in [1.54, 1.807) is 0 Å². The third kappa shape index (κ3) is 6.39. The predicted molar refractivity (Wildman–Crippen MR) is 117 cm³/mol. The third-order valence-electron chi connectivity index (χ3n) is 4.32. The summed E-state index contributed by atoms with van der Waals surface area (Å²) in [6, 6.07) is 27.3. The van der Waals surface area contributed by atoms with Crippen molar-refractivity contribution in [3.8, 4) is 17.6 Å². The summed E-state index contributed by atoms with van der Waals surface area (Å²) in [7, 11) is 0. The first-order chi connectivity index (χ1) is 14.8. The zero-order valence-electron chi connectivity index (χ0n) is 17.0. The van der Waals surface area contributed by atoms with E-state index in [2.05, 4.69) is 11.2 Å². The Morgan fingerprint density at radius 1 is 0.833 bits per heavy atom. The van der Waals surface area contributed by atoms with Crippen LogP contribution in [0.1, 0.15) is 23.6 Å². The standard InChI is InChI=1S/C25H24N2O3/c1-2-30-27-25(22-6-4-3-5-7-22)19-29-24-14-10-21(11-15-24)18-28-23-12-8-20(9-13-23)16-17-26/h3-15H,2,16,18-19H2,1H3/b27-25+. The van der Waals surface area contributed by atoms with Crippen molar-refractivity contribution in [3.63, 3.8) is 0 Å². The van der Waals surface area contributed by atoms with E-state index < -0.39 is 0 Å². The quantitative estimate of drug-likeness (QED) is 0.349. The van der Waals surface area contributed by atoms with Gasteiger partial charge in [0.25, 0.3) is 0 Å². The van der Waals surface area contributed by atoms with Gasteiger partial charge in [0.05, 0.1) is 12.5 Å². The van der Waals surface area contributed by atoms with Crippen molar-refractivity contribution in [2.24, 2.45) is 5.16 Å². The van der Waals surface area contributed by atoms with Crippen LogP contribution in [0.3, 0.4) is 0 Å². The fraction of sp³-hybridized carbons (Fsp3) is 0.200. The summed E-state index contributed by atoms with van der Waals surface area (Å²) >= 11 is 0. The molecule has 0 unspecified atom stereocenters. The molecule has 0 aromatic heterocycles. The highest BCUT2D eigenvalue weighted by molar-refractivity contribution is 6.01. The lowest BCUT2D eigenvalue weighted by atomic mass is 10.1. The van der Waals surface area contributed by atoms with Gasteiger partial charge in [-0.2, -0.15) is 5.26 Å². The Labute approximate surface area is 177 Å². The number of ether oxygens (including phenoxy) is 2. The Balaban J connectivity index is 1.54. The molecule has 0 aliphatic rings. The first kappa shape index (κ1) is 20.9. The molecule has 0 amide bonds. The average molecular weight is 400 g/mol. The summed E-state index contributed by atoms with van der Waals surface area (Å²) in [5.74, 6) is 1.52. The minimum atomic E-state index is 0.314. The van der Waals surface area contributed by atoms with Crippen molar-refractivity contribution in [1.29, 1.82) is 5.26 Å². The average Bonchev–Trinajstić information content (AvgIpc) is 2.80. The number of benzene rings is 3. The molecule has 3 rings (SSSR count). The second-order valence-electron chi connectivity index (χ2n) is 6.52. The van der Waals surface area contributed by atoms with Gasteiger partial charge in [-0.3, -0.25) is 0 Å². The van der Waals surface area contributed by atoms with E-state index in [0.29, 0.717) is 26.2 Å². The molecule has 0 saturated heterocycles. The van der Waals surface area contributed by atoms with Crippen molar-refractivity contribution >= 4 is 5.71 Å². The number of nitrogens with zero attached hydrogens (tertiary/aromatic N) is 2. The highest BCUT2D eigenvalue weighted by Gasteiger charge is 2.06. The molecule has 5 nitrogen and oxygen atoms in total. The second kappa shape index (κ2) is 11.3. The zero-order valence-corrected chi connectivity index (χ0v) is 17.0. The number of oxime groups is 1. The molecule has 0 aliphatic heterocycles. The monoisotopic (exact) mass is 400 g/mol. The zero-order chi connectivity index (χ0) is 21.0. The molecule has 0 heterocycles. The van der Waals surface area contributed by atoms with Crippen molar-refractivity contribution in [3.05, 3.63) is 95.6 Å². The van der Waals surface area contributed by atoms with Crippen LogP contribution < -0.4 is 9.47 Å². The first-order valence-electron chi connectivity index (χ1n) is 9.83. The van der Waals surface area contributed by atoms with Crippen molar-refractivity contribution < 1.29 is 14.3 Å². The summed E-state index contributed by atoms with van der Waals surface area (Å²) < 4.78 is 11.7. The molecule has 0 aliphatic carbocycles. The van der Waals surface area contributed by atoms with E-state index in [9.17, 15) is 0 Å². The lowest BCUT2D eigenvalue weighted by molar-refractivity contribution is 0.157. The van der Waals surface area contributed by atoms with Gasteiger partial charge in [-0.05, 0) is 42.3 Å². The molecule has 0 fully saturated rings. The molecule has 0 saturated carbocycles. The van der Waals surface area contributed by atoms with Crippen molar-refractivity contribution in [1.82, 2.24) is 0 Å². The van der Waals surface area contributed by atoms with Crippen LogP contribution in [0.2, 0.25) is 0 Å². The number of nitriles is 1.